The van der Waals surface area contributed by atoms with Gasteiger partial charge in [-0.2, -0.15) is 0 Å². The maximum absolute atomic E-state index is 2.65. The van der Waals surface area contributed by atoms with Gasteiger partial charge in [-0.25, -0.2) is 0 Å². The van der Waals surface area contributed by atoms with Crippen molar-refractivity contribution in [2.24, 2.45) is 0 Å². The monoisotopic (exact) mass is 1220 g/mol. The number of rotatable bonds is 10. The van der Waals surface area contributed by atoms with E-state index in [-0.39, 0.29) is 10.8 Å². The van der Waals surface area contributed by atoms with Gasteiger partial charge in [-0.3, -0.25) is 0 Å². The van der Waals surface area contributed by atoms with Crippen LogP contribution in [0.4, 0.5) is 34.1 Å². The Kier molecular flexibility index (Phi) is 13.5. The Morgan fingerprint density at radius 2 is 0.670 bits per heavy atom. The summed E-state index contributed by atoms with van der Waals surface area (Å²) in [5, 5.41) is 4.89. The molecule has 0 atom stereocenters. The van der Waals surface area contributed by atoms with Crippen LogP contribution in [0.5, 0.6) is 0 Å². The zero-order valence-electron chi connectivity index (χ0n) is 53.8. The van der Waals surface area contributed by atoms with E-state index < -0.39 is 5.41 Å². The molecular weight excluding hydrogens is 1150 g/mol. The van der Waals surface area contributed by atoms with Crippen molar-refractivity contribution in [2.45, 2.75) is 57.8 Å². The van der Waals surface area contributed by atoms with Crippen LogP contribution in [0.15, 0.2) is 315 Å². The lowest BCUT2D eigenvalue weighted by Gasteiger charge is -2.35. The van der Waals surface area contributed by atoms with Gasteiger partial charge >= 0.3 is 0 Å². The number of hydrogen-bond donors (Lipinski definition) is 0. The van der Waals surface area contributed by atoms with Gasteiger partial charge in [0.25, 0.3) is 0 Å². The minimum absolute atomic E-state index is 0.0471. The number of benzene rings is 14. The molecule has 1 spiro atoms. The predicted octanol–water partition coefficient (Wildman–Crippen LogP) is 25.8. The van der Waals surface area contributed by atoms with E-state index in [1.54, 1.807) is 0 Å². The maximum Gasteiger partial charge on any atom is 0.0727 e. The second-order valence-electron chi connectivity index (χ2n) is 27.5. The van der Waals surface area contributed by atoms with Gasteiger partial charge in [-0.05, 0) is 166 Å². The van der Waals surface area contributed by atoms with Crippen LogP contribution in [0.3, 0.4) is 0 Å². The van der Waals surface area contributed by atoms with Crippen LogP contribution < -0.4 is 9.80 Å². The Morgan fingerprint density at radius 1 is 0.277 bits per heavy atom. The van der Waals surface area contributed by atoms with Crippen molar-refractivity contribution in [1.29, 1.82) is 0 Å². The van der Waals surface area contributed by atoms with E-state index in [1.165, 1.54) is 109 Å². The lowest BCUT2D eigenvalue weighted by Crippen LogP contribution is -2.27. The molecule has 0 saturated heterocycles. The molecule has 15 aromatic rings. The highest BCUT2D eigenvalue weighted by atomic mass is 32.1. The average molecular weight is 1220 g/mol. The zero-order chi connectivity index (χ0) is 63.5. The molecule has 450 valence electrons. The molecule has 1 aromatic heterocycles. The minimum Gasteiger partial charge on any atom is -0.309 e. The van der Waals surface area contributed by atoms with E-state index in [0.29, 0.717) is 0 Å². The Balaban J connectivity index is 1.02. The summed E-state index contributed by atoms with van der Waals surface area (Å²) in [6.07, 6.45) is 0. The molecular formula is C91H70N2S. The molecule has 0 fully saturated rings. The molecule has 0 N–H and O–H groups in total. The van der Waals surface area contributed by atoms with Crippen LogP contribution in [0.25, 0.3) is 97.7 Å². The van der Waals surface area contributed by atoms with Crippen molar-refractivity contribution in [3.8, 4) is 66.8 Å². The quantitative estimate of drug-likeness (QED) is 0.135. The topological polar surface area (TPSA) is 6.48 Å². The lowest BCUT2D eigenvalue weighted by molar-refractivity contribution is 0.590. The van der Waals surface area contributed by atoms with Gasteiger partial charge in [-0.1, -0.05) is 290 Å². The van der Waals surface area contributed by atoms with Gasteiger partial charge < -0.3 is 9.80 Å². The summed E-state index contributed by atoms with van der Waals surface area (Å²) < 4.78 is 2.54. The highest BCUT2D eigenvalue weighted by Gasteiger charge is 2.54. The smallest absolute Gasteiger partial charge is 0.0727 e. The second-order valence-corrected chi connectivity index (χ2v) is 28.6. The molecule has 0 aliphatic heterocycles. The van der Waals surface area contributed by atoms with Gasteiger partial charge in [0.1, 0.15) is 0 Å². The van der Waals surface area contributed by atoms with Gasteiger partial charge in [0.05, 0.1) is 28.2 Å². The normalized spacial score (nSPS) is 12.9. The van der Waals surface area contributed by atoms with Crippen molar-refractivity contribution < 1.29 is 0 Å². The number of fused-ring (bicyclic) bond motifs is 16. The standard InChI is InChI=1S/C91H70N2S/c1-89(2,3)65-45-49-67(50-46-65)92(80-53-43-63(59-27-11-7-12-28-59)55-74(80)61-31-15-9-16-32-61)82-57-78-85(72-38-20-19-37-71(72)82)87-79(91(78)76-40-24-21-35-69(76)70-36-22-25-41-77(70)91)58-83(86-73-39-23-26-42-84(73)94-88(86)87)93(68-51-47-66(48-52-68)90(4,5)6)81-54-44-64(60-29-13-8-14-30-60)56-75(81)62-33-17-10-18-34-62/h7-58H,1-6H3. The highest BCUT2D eigenvalue weighted by Crippen LogP contribution is 2.68. The first-order chi connectivity index (χ1) is 45.9. The number of anilines is 6. The van der Waals surface area contributed by atoms with Gasteiger partial charge in [-0.15, -0.1) is 11.3 Å². The highest BCUT2D eigenvalue weighted by molar-refractivity contribution is 7.26. The van der Waals surface area contributed by atoms with Crippen LogP contribution in [-0.4, -0.2) is 0 Å². The van der Waals surface area contributed by atoms with Gasteiger partial charge in [0.2, 0.25) is 0 Å². The zero-order valence-corrected chi connectivity index (χ0v) is 54.6. The first kappa shape index (κ1) is 57.1. The Bertz CT molecular complexity index is 5380. The van der Waals surface area contributed by atoms with Crippen molar-refractivity contribution >= 4 is 76.4 Å². The first-order valence-corrected chi connectivity index (χ1v) is 33.8. The van der Waals surface area contributed by atoms with Crippen LogP contribution in [0, 0.1) is 0 Å². The van der Waals surface area contributed by atoms with E-state index in [1.807, 2.05) is 11.3 Å². The number of nitrogens with zero attached hydrogens (tertiary/aromatic N) is 2. The molecule has 17 rings (SSSR count). The lowest BCUT2D eigenvalue weighted by atomic mass is 9.70. The summed E-state index contributed by atoms with van der Waals surface area (Å²) in [5.74, 6) is 0. The van der Waals surface area contributed by atoms with Crippen LogP contribution in [-0.2, 0) is 16.2 Å². The summed E-state index contributed by atoms with van der Waals surface area (Å²) >= 11 is 1.94. The second kappa shape index (κ2) is 22.2. The largest absolute Gasteiger partial charge is 0.309 e. The van der Waals surface area contributed by atoms with E-state index in [4.69, 9.17) is 0 Å². The molecule has 0 unspecified atom stereocenters. The summed E-state index contributed by atoms with van der Waals surface area (Å²) in [6.45, 7) is 13.9. The third-order valence-electron chi connectivity index (χ3n) is 20.0. The maximum atomic E-state index is 2.65. The molecule has 2 nitrogen and oxygen atoms in total. The van der Waals surface area contributed by atoms with Gasteiger partial charge in [0, 0.05) is 53.6 Å². The third kappa shape index (κ3) is 9.12. The van der Waals surface area contributed by atoms with Crippen LogP contribution in [0.2, 0.25) is 0 Å². The van der Waals surface area contributed by atoms with Gasteiger partial charge in [0.15, 0.2) is 0 Å². The molecule has 0 radical (unpaired) electrons. The molecule has 2 aliphatic rings. The van der Waals surface area contributed by atoms with E-state index in [2.05, 4.69) is 367 Å². The first-order valence-electron chi connectivity index (χ1n) is 33.0. The summed E-state index contributed by atoms with van der Waals surface area (Å²) in [7, 11) is 0. The summed E-state index contributed by atoms with van der Waals surface area (Å²) in [6, 6.07) is 119. The van der Waals surface area contributed by atoms with Crippen LogP contribution in [0.1, 0.15) is 74.9 Å². The van der Waals surface area contributed by atoms with Crippen molar-refractivity contribution in [1.82, 2.24) is 0 Å². The predicted molar refractivity (Wildman–Crippen MR) is 402 cm³/mol. The Labute approximate surface area is 556 Å². The molecule has 1 heterocycles. The molecule has 0 amide bonds. The summed E-state index contributed by atoms with van der Waals surface area (Å²) in [4.78, 5) is 5.20. The van der Waals surface area contributed by atoms with Crippen molar-refractivity contribution in [3.05, 3.63) is 349 Å². The molecule has 3 heteroatoms. The fraction of sp³-hybridized carbons (Fsp3) is 0.0989. The number of hydrogen-bond acceptors (Lipinski definition) is 3. The van der Waals surface area contributed by atoms with Crippen LogP contribution >= 0.6 is 11.3 Å². The van der Waals surface area contributed by atoms with E-state index >= 15 is 0 Å². The molecule has 2 aliphatic carbocycles. The molecule has 0 bridgehead atoms. The van der Waals surface area contributed by atoms with Crippen molar-refractivity contribution in [3.63, 3.8) is 0 Å². The average Bonchev–Trinajstić information content (AvgIpc) is 1.49. The fourth-order valence-electron chi connectivity index (χ4n) is 15.5. The SMILES string of the molecule is CC(C)(C)c1ccc(N(c2ccc(-c3ccccc3)cc2-c2ccccc2)c2cc3c(c4ccccc24)-c2c(cc(N(c4ccc(C(C)(C)C)cc4)c4ccc(-c5ccccc5)cc4-c4ccccc4)c4c2sc2ccccc24)C32c3ccccc3-c3ccccc32)cc1. The number of thiophene rings is 1. The summed E-state index contributed by atoms with van der Waals surface area (Å²) in [5.41, 5.74) is 27.9. The molecule has 0 saturated carbocycles. The Morgan fingerprint density at radius 3 is 1.16 bits per heavy atom. The molecule has 94 heavy (non-hydrogen) atoms. The molecule has 14 aromatic carbocycles. The van der Waals surface area contributed by atoms with E-state index in [0.717, 1.165) is 56.4 Å². The Hall–Kier alpha value is -10.8. The van der Waals surface area contributed by atoms with Crippen molar-refractivity contribution in [2.75, 3.05) is 9.80 Å². The minimum atomic E-state index is -0.780. The van der Waals surface area contributed by atoms with E-state index in [9.17, 15) is 0 Å². The fourth-order valence-corrected chi connectivity index (χ4v) is 16.8. The third-order valence-corrected chi connectivity index (χ3v) is 21.2.